The lowest BCUT2D eigenvalue weighted by Crippen LogP contribution is -2.03. The number of aromatic carboxylic acids is 1. The van der Waals surface area contributed by atoms with Gasteiger partial charge in [0, 0.05) is 35.3 Å². The van der Waals surface area contributed by atoms with Gasteiger partial charge in [0.1, 0.15) is 5.65 Å². The van der Waals surface area contributed by atoms with E-state index in [1.165, 1.54) is 10.9 Å². The zero-order valence-electron chi connectivity index (χ0n) is 18.0. The fourth-order valence-electron chi connectivity index (χ4n) is 4.90. The molecule has 3 aromatic heterocycles. The Bertz CT molecular complexity index is 1690. The van der Waals surface area contributed by atoms with Crippen molar-refractivity contribution in [3.63, 3.8) is 0 Å². The van der Waals surface area contributed by atoms with Gasteiger partial charge >= 0.3 is 5.97 Å². The highest BCUT2D eigenvalue weighted by atomic mass is 16.4. The number of nitrogens with one attached hydrogen (secondary N) is 1. The third kappa shape index (κ3) is 3.01. The van der Waals surface area contributed by atoms with Crippen LogP contribution in [0.2, 0.25) is 0 Å². The second-order valence-corrected chi connectivity index (χ2v) is 8.34. The summed E-state index contributed by atoms with van der Waals surface area (Å²) in [5.74, 6) is -0.951. The molecular formula is C28H21N3O2. The lowest BCUT2D eigenvalue weighted by molar-refractivity contribution is 0.0700. The normalized spacial score (nSPS) is 11.5. The van der Waals surface area contributed by atoms with Crippen LogP contribution >= 0.6 is 0 Å². The zero-order chi connectivity index (χ0) is 22.5. The van der Waals surface area contributed by atoms with E-state index >= 15 is 0 Å². The Morgan fingerprint density at radius 1 is 1.00 bits per heavy atom. The quantitative estimate of drug-likeness (QED) is 0.347. The maximum atomic E-state index is 12.4. The minimum Gasteiger partial charge on any atom is -0.478 e. The van der Waals surface area contributed by atoms with Crippen molar-refractivity contribution in [2.75, 3.05) is 0 Å². The number of hydrogen-bond acceptors (Lipinski definition) is 2. The average Bonchev–Trinajstić information content (AvgIpc) is 3.41. The molecule has 0 aliphatic rings. The van der Waals surface area contributed by atoms with Gasteiger partial charge in [0.2, 0.25) is 0 Å². The second kappa shape index (κ2) is 7.35. The van der Waals surface area contributed by atoms with Gasteiger partial charge in [-0.1, -0.05) is 54.6 Å². The summed E-state index contributed by atoms with van der Waals surface area (Å²) in [6.07, 6.45) is 4.66. The molecule has 0 bridgehead atoms. The van der Waals surface area contributed by atoms with Gasteiger partial charge in [0.15, 0.2) is 0 Å². The highest BCUT2D eigenvalue weighted by molar-refractivity contribution is 6.09. The molecule has 5 nitrogen and oxygen atoms in total. The van der Waals surface area contributed by atoms with Crippen molar-refractivity contribution in [2.24, 2.45) is 0 Å². The summed E-state index contributed by atoms with van der Waals surface area (Å²) in [6.45, 7) is 2.11. The van der Waals surface area contributed by atoms with Crippen LogP contribution in [0.15, 0.2) is 85.2 Å². The molecule has 0 unspecified atom stereocenters. The first-order valence-corrected chi connectivity index (χ1v) is 10.9. The Morgan fingerprint density at radius 3 is 2.73 bits per heavy atom. The van der Waals surface area contributed by atoms with Gasteiger partial charge in [-0.3, -0.25) is 0 Å². The molecule has 3 aromatic carbocycles. The van der Waals surface area contributed by atoms with Crippen molar-refractivity contribution in [1.82, 2.24) is 14.4 Å². The van der Waals surface area contributed by atoms with E-state index in [0.717, 1.165) is 27.8 Å². The smallest absolute Gasteiger partial charge is 0.337 e. The van der Waals surface area contributed by atoms with Crippen LogP contribution in [0.25, 0.3) is 38.6 Å². The number of nitrogens with zero attached hydrogens (tertiary/aromatic N) is 2. The number of aryl methyl sites for hydroxylation is 1. The number of benzene rings is 3. The predicted octanol–water partition coefficient (Wildman–Crippen LogP) is 6.23. The number of H-pyrrole nitrogens is 1. The number of aromatic nitrogens is 3. The molecule has 160 valence electrons. The fraction of sp³-hybridized carbons (Fsp3) is 0.0714. The maximum Gasteiger partial charge on any atom is 0.337 e. The summed E-state index contributed by atoms with van der Waals surface area (Å²) >= 11 is 0. The summed E-state index contributed by atoms with van der Waals surface area (Å²) in [4.78, 5) is 20.7. The second-order valence-electron chi connectivity index (χ2n) is 8.34. The molecule has 33 heavy (non-hydrogen) atoms. The molecule has 0 fully saturated rings. The van der Waals surface area contributed by atoms with Gasteiger partial charge in [-0.25, -0.2) is 9.78 Å². The minimum atomic E-state index is -0.951. The molecule has 0 saturated heterocycles. The molecule has 0 atom stereocenters. The van der Waals surface area contributed by atoms with Crippen LogP contribution in [0.5, 0.6) is 0 Å². The van der Waals surface area contributed by atoms with Crippen LogP contribution in [-0.2, 0) is 6.42 Å². The van der Waals surface area contributed by atoms with Crippen LogP contribution in [0, 0.1) is 6.92 Å². The molecule has 0 spiro atoms. The fourth-order valence-corrected chi connectivity index (χ4v) is 4.90. The number of rotatable bonds is 4. The maximum absolute atomic E-state index is 12.4. The van der Waals surface area contributed by atoms with Crippen molar-refractivity contribution in [3.05, 3.63) is 108 Å². The summed E-state index contributed by atoms with van der Waals surface area (Å²) in [5, 5.41) is 13.0. The largest absolute Gasteiger partial charge is 0.478 e. The van der Waals surface area contributed by atoms with E-state index in [2.05, 4.69) is 28.4 Å². The Hall–Kier alpha value is -4.38. The molecule has 3 heterocycles. The predicted molar refractivity (Wildman–Crippen MR) is 131 cm³/mol. The number of carboxylic acids is 1. The number of carbonyl (C=O) groups is 1. The Labute approximate surface area is 190 Å². The van der Waals surface area contributed by atoms with Crippen molar-refractivity contribution < 1.29 is 9.90 Å². The molecule has 6 rings (SSSR count). The molecule has 0 amide bonds. The molecule has 6 aromatic rings. The molecule has 0 saturated carbocycles. The Kier molecular flexibility index (Phi) is 4.30. The molecule has 0 radical (unpaired) electrons. The minimum absolute atomic E-state index is 0.285. The lowest BCUT2D eigenvalue weighted by Gasteiger charge is -2.11. The number of fused-ring (bicyclic) bond motifs is 3. The summed E-state index contributed by atoms with van der Waals surface area (Å²) in [5.41, 5.74) is 6.84. The van der Waals surface area contributed by atoms with Crippen molar-refractivity contribution >= 4 is 33.3 Å². The van der Waals surface area contributed by atoms with E-state index < -0.39 is 5.97 Å². The van der Waals surface area contributed by atoms with E-state index in [0.29, 0.717) is 23.1 Å². The Morgan fingerprint density at radius 2 is 1.85 bits per heavy atom. The summed E-state index contributed by atoms with van der Waals surface area (Å²) in [6, 6.07) is 23.6. The number of imidazole rings is 1. The van der Waals surface area contributed by atoms with Gasteiger partial charge < -0.3 is 14.5 Å². The van der Waals surface area contributed by atoms with Gasteiger partial charge in [-0.05, 0) is 47.0 Å². The van der Waals surface area contributed by atoms with E-state index in [4.69, 9.17) is 4.98 Å². The molecular weight excluding hydrogens is 410 g/mol. The van der Waals surface area contributed by atoms with E-state index in [-0.39, 0.29) is 5.56 Å². The monoisotopic (exact) mass is 431 g/mol. The van der Waals surface area contributed by atoms with E-state index in [9.17, 15) is 9.90 Å². The van der Waals surface area contributed by atoms with Gasteiger partial charge in [0.05, 0.1) is 17.0 Å². The number of carboxylic acid groups (broad SMARTS) is 1. The van der Waals surface area contributed by atoms with Gasteiger partial charge in [0.25, 0.3) is 0 Å². The summed E-state index contributed by atoms with van der Waals surface area (Å²) < 4.78 is 2.06. The number of pyridine rings is 1. The van der Waals surface area contributed by atoms with Crippen molar-refractivity contribution in [3.8, 4) is 11.3 Å². The van der Waals surface area contributed by atoms with E-state index in [1.807, 2.05) is 73.1 Å². The van der Waals surface area contributed by atoms with Crippen molar-refractivity contribution in [1.29, 1.82) is 0 Å². The SMILES string of the molecule is Cc1cccc2[nH]cc(Cc3c(-c4ccc5ccccc5c4C(=O)O)nc4ccccn34)c12. The van der Waals surface area contributed by atoms with Gasteiger partial charge in [-0.15, -0.1) is 0 Å². The first kappa shape index (κ1) is 19.3. The van der Waals surface area contributed by atoms with Crippen LogP contribution in [0.1, 0.15) is 27.2 Å². The molecule has 0 aliphatic heterocycles. The highest BCUT2D eigenvalue weighted by Crippen LogP contribution is 2.35. The van der Waals surface area contributed by atoms with Crippen LogP contribution in [0.4, 0.5) is 0 Å². The summed E-state index contributed by atoms with van der Waals surface area (Å²) in [7, 11) is 0. The standard InChI is InChI=1S/C28H21N3O2/c1-17-7-6-10-22-25(17)19(16-29-22)15-23-27(30-24-11-4-5-14-31(23)24)21-13-12-18-8-2-3-9-20(18)26(21)28(32)33/h2-14,16,29H,15H2,1H3,(H,32,33). The Balaban J connectivity index is 1.63. The topological polar surface area (TPSA) is 70.4 Å². The molecule has 2 N–H and O–H groups in total. The molecule has 0 aliphatic carbocycles. The first-order chi connectivity index (χ1) is 16.1. The zero-order valence-corrected chi connectivity index (χ0v) is 18.0. The average molecular weight is 431 g/mol. The first-order valence-electron chi connectivity index (χ1n) is 10.9. The number of hydrogen-bond donors (Lipinski definition) is 2. The van der Waals surface area contributed by atoms with Crippen LogP contribution in [-0.4, -0.2) is 25.4 Å². The number of aromatic amines is 1. The highest BCUT2D eigenvalue weighted by Gasteiger charge is 2.22. The van der Waals surface area contributed by atoms with Crippen LogP contribution in [0.3, 0.4) is 0 Å². The third-order valence-corrected chi connectivity index (χ3v) is 6.38. The van der Waals surface area contributed by atoms with Gasteiger partial charge in [-0.2, -0.15) is 0 Å². The lowest BCUT2D eigenvalue weighted by atomic mass is 9.94. The van der Waals surface area contributed by atoms with E-state index in [1.54, 1.807) is 0 Å². The van der Waals surface area contributed by atoms with Crippen molar-refractivity contribution in [2.45, 2.75) is 13.3 Å². The third-order valence-electron chi connectivity index (χ3n) is 6.38. The van der Waals surface area contributed by atoms with Crippen LogP contribution < -0.4 is 0 Å². The molecule has 5 heteroatoms.